The lowest BCUT2D eigenvalue weighted by Crippen LogP contribution is -2.49. The Kier molecular flexibility index (Phi) is 4.03. The third-order valence-electron chi connectivity index (χ3n) is 3.46. The highest BCUT2D eigenvalue weighted by Crippen LogP contribution is 2.15. The van der Waals surface area contributed by atoms with Crippen LogP contribution in [0.3, 0.4) is 0 Å². The molecule has 3 rings (SSSR count). The van der Waals surface area contributed by atoms with Crippen molar-refractivity contribution < 1.29 is 0 Å². The minimum atomic E-state index is 0.483. The Bertz CT molecular complexity index is 565. The lowest BCUT2D eigenvalue weighted by atomic mass is 10.1. The summed E-state index contributed by atoms with van der Waals surface area (Å²) >= 11 is 3.44. The van der Waals surface area contributed by atoms with Crippen LogP contribution in [0.2, 0.25) is 0 Å². The van der Waals surface area contributed by atoms with Crippen molar-refractivity contribution in [1.29, 1.82) is 0 Å². The van der Waals surface area contributed by atoms with E-state index in [4.69, 9.17) is 0 Å². The lowest BCUT2D eigenvalue weighted by Gasteiger charge is -2.30. The van der Waals surface area contributed by atoms with Crippen LogP contribution in [0, 0.1) is 0 Å². The van der Waals surface area contributed by atoms with E-state index in [0.29, 0.717) is 6.04 Å². The van der Waals surface area contributed by atoms with E-state index in [1.165, 1.54) is 5.56 Å². The molecule has 0 bridgehead atoms. The van der Waals surface area contributed by atoms with Gasteiger partial charge in [0.05, 0.1) is 0 Å². The summed E-state index contributed by atoms with van der Waals surface area (Å²) in [5.74, 6) is 1.72. The zero-order valence-corrected chi connectivity index (χ0v) is 13.0. The molecular weight excluding hydrogens is 318 g/mol. The van der Waals surface area contributed by atoms with E-state index in [9.17, 15) is 0 Å². The quantitative estimate of drug-likeness (QED) is 0.900. The van der Waals surface area contributed by atoms with Crippen molar-refractivity contribution in [1.82, 2.24) is 20.5 Å². The number of aromatic amines is 1. The fourth-order valence-electron chi connectivity index (χ4n) is 2.42. The molecule has 6 heteroatoms. The number of halogens is 1. The largest absolute Gasteiger partial charge is 0.337 e. The summed E-state index contributed by atoms with van der Waals surface area (Å²) in [6.45, 7) is 5.08. The SMILES string of the molecule is CC1CN(c2n[nH]c(Cc3ccc(Br)cc3)n2)CCN1. The molecule has 0 spiro atoms. The Morgan fingerprint density at radius 1 is 1.35 bits per heavy atom. The van der Waals surface area contributed by atoms with E-state index in [2.05, 4.69) is 60.4 Å². The normalized spacial score (nSPS) is 19.3. The summed E-state index contributed by atoms with van der Waals surface area (Å²) in [7, 11) is 0. The first-order chi connectivity index (χ1) is 9.70. The van der Waals surface area contributed by atoms with Crippen LogP contribution in [0.15, 0.2) is 28.7 Å². The van der Waals surface area contributed by atoms with E-state index in [1.807, 2.05) is 12.1 Å². The average molecular weight is 336 g/mol. The number of benzene rings is 1. The molecule has 2 aromatic rings. The Morgan fingerprint density at radius 3 is 2.90 bits per heavy atom. The van der Waals surface area contributed by atoms with E-state index < -0.39 is 0 Å². The molecule has 1 aromatic heterocycles. The number of aromatic nitrogens is 3. The highest BCUT2D eigenvalue weighted by atomic mass is 79.9. The van der Waals surface area contributed by atoms with Crippen LogP contribution in [0.25, 0.3) is 0 Å². The van der Waals surface area contributed by atoms with Crippen molar-refractivity contribution in [3.63, 3.8) is 0 Å². The summed E-state index contributed by atoms with van der Waals surface area (Å²) < 4.78 is 1.09. The van der Waals surface area contributed by atoms with Crippen molar-refractivity contribution in [2.45, 2.75) is 19.4 Å². The highest BCUT2D eigenvalue weighted by molar-refractivity contribution is 9.10. The first kappa shape index (κ1) is 13.6. The van der Waals surface area contributed by atoms with Crippen LogP contribution in [0.4, 0.5) is 5.95 Å². The summed E-state index contributed by atoms with van der Waals surface area (Å²) in [6.07, 6.45) is 0.780. The molecule has 5 nitrogen and oxygen atoms in total. The fraction of sp³-hybridized carbons (Fsp3) is 0.429. The first-order valence-corrected chi connectivity index (χ1v) is 7.64. The number of nitrogens with one attached hydrogen (secondary N) is 2. The van der Waals surface area contributed by atoms with Gasteiger partial charge in [-0.15, -0.1) is 5.10 Å². The second-order valence-corrected chi connectivity index (χ2v) is 6.10. The molecule has 0 radical (unpaired) electrons. The monoisotopic (exact) mass is 335 g/mol. The number of hydrogen-bond donors (Lipinski definition) is 2. The third kappa shape index (κ3) is 3.19. The Morgan fingerprint density at radius 2 is 2.15 bits per heavy atom. The third-order valence-corrected chi connectivity index (χ3v) is 3.99. The maximum absolute atomic E-state index is 4.61. The predicted octanol–water partition coefficient (Wildman–Crippen LogP) is 1.96. The number of hydrogen-bond acceptors (Lipinski definition) is 4. The second-order valence-electron chi connectivity index (χ2n) is 5.19. The molecule has 0 saturated carbocycles. The van der Waals surface area contributed by atoms with E-state index >= 15 is 0 Å². The molecular formula is C14H18BrN5. The Hall–Kier alpha value is -1.40. The molecule has 1 atom stereocenters. The molecule has 1 unspecified atom stereocenters. The van der Waals surface area contributed by atoms with E-state index in [1.54, 1.807) is 0 Å². The maximum Gasteiger partial charge on any atom is 0.244 e. The molecule has 2 N–H and O–H groups in total. The van der Waals surface area contributed by atoms with Crippen molar-refractivity contribution in [3.8, 4) is 0 Å². The minimum absolute atomic E-state index is 0.483. The van der Waals surface area contributed by atoms with Gasteiger partial charge in [0.2, 0.25) is 5.95 Å². The van der Waals surface area contributed by atoms with Crippen LogP contribution < -0.4 is 10.2 Å². The maximum atomic E-state index is 4.61. The van der Waals surface area contributed by atoms with Gasteiger partial charge in [-0.1, -0.05) is 28.1 Å². The van der Waals surface area contributed by atoms with Crippen LogP contribution >= 0.6 is 15.9 Å². The van der Waals surface area contributed by atoms with Crippen molar-refractivity contribution in [2.24, 2.45) is 0 Å². The van der Waals surface area contributed by atoms with Gasteiger partial charge in [-0.3, -0.25) is 5.10 Å². The Balaban J connectivity index is 1.68. The topological polar surface area (TPSA) is 56.8 Å². The van der Waals surface area contributed by atoms with Gasteiger partial charge in [-0.25, -0.2) is 0 Å². The van der Waals surface area contributed by atoms with Crippen LogP contribution in [-0.2, 0) is 6.42 Å². The standard InChI is InChI=1S/C14H18BrN5/c1-10-9-20(7-6-16-10)14-17-13(18-19-14)8-11-2-4-12(15)5-3-11/h2-5,10,16H,6-9H2,1H3,(H,17,18,19). The second kappa shape index (κ2) is 5.93. The van der Waals surface area contributed by atoms with E-state index in [-0.39, 0.29) is 0 Å². The smallest absolute Gasteiger partial charge is 0.244 e. The predicted molar refractivity (Wildman–Crippen MR) is 83.0 cm³/mol. The van der Waals surface area contributed by atoms with Crippen LogP contribution in [0.5, 0.6) is 0 Å². The molecule has 20 heavy (non-hydrogen) atoms. The summed E-state index contributed by atoms with van der Waals surface area (Å²) in [4.78, 5) is 6.83. The molecule has 0 aliphatic carbocycles. The number of nitrogens with zero attached hydrogens (tertiary/aromatic N) is 3. The molecule has 1 aliphatic rings. The van der Waals surface area contributed by atoms with Crippen molar-refractivity contribution in [2.75, 3.05) is 24.5 Å². The summed E-state index contributed by atoms with van der Waals surface area (Å²) in [5.41, 5.74) is 1.23. The summed E-state index contributed by atoms with van der Waals surface area (Å²) in [5, 5.41) is 10.8. The van der Waals surface area contributed by atoms with Gasteiger partial charge < -0.3 is 10.2 Å². The average Bonchev–Trinajstić information content (AvgIpc) is 2.90. The number of H-pyrrole nitrogens is 1. The zero-order chi connectivity index (χ0) is 13.9. The van der Waals surface area contributed by atoms with Crippen molar-refractivity contribution in [3.05, 3.63) is 40.1 Å². The Labute approximate surface area is 126 Å². The first-order valence-electron chi connectivity index (χ1n) is 6.85. The molecule has 106 valence electrons. The molecule has 1 saturated heterocycles. The van der Waals surface area contributed by atoms with Crippen LogP contribution in [0.1, 0.15) is 18.3 Å². The highest BCUT2D eigenvalue weighted by Gasteiger charge is 2.19. The lowest BCUT2D eigenvalue weighted by molar-refractivity contribution is 0.480. The fourth-order valence-corrected chi connectivity index (χ4v) is 2.68. The number of rotatable bonds is 3. The number of piperazine rings is 1. The van der Waals surface area contributed by atoms with Crippen molar-refractivity contribution >= 4 is 21.9 Å². The van der Waals surface area contributed by atoms with Gasteiger partial charge in [0.25, 0.3) is 0 Å². The molecule has 0 amide bonds. The van der Waals surface area contributed by atoms with Gasteiger partial charge in [0, 0.05) is 36.6 Å². The molecule has 1 aliphatic heterocycles. The zero-order valence-electron chi connectivity index (χ0n) is 11.4. The molecule has 2 heterocycles. The van der Waals surface area contributed by atoms with Crippen LogP contribution in [-0.4, -0.2) is 40.9 Å². The van der Waals surface area contributed by atoms with Gasteiger partial charge in [-0.2, -0.15) is 4.98 Å². The molecule has 1 aromatic carbocycles. The van der Waals surface area contributed by atoms with E-state index in [0.717, 1.165) is 42.3 Å². The number of anilines is 1. The minimum Gasteiger partial charge on any atom is -0.337 e. The molecule has 1 fully saturated rings. The van der Waals surface area contributed by atoms with Gasteiger partial charge in [0.1, 0.15) is 5.82 Å². The van der Waals surface area contributed by atoms with Gasteiger partial charge in [-0.05, 0) is 24.6 Å². The van der Waals surface area contributed by atoms with Gasteiger partial charge in [0.15, 0.2) is 0 Å². The van der Waals surface area contributed by atoms with Gasteiger partial charge >= 0.3 is 0 Å². The summed E-state index contributed by atoms with van der Waals surface area (Å²) in [6, 6.07) is 8.77.